The molecule has 0 amide bonds. The third kappa shape index (κ3) is 3.40. The Balaban J connectivity index is 1.57. The second kappa shape index (κ2) is 7.52. The highest BCUT2D eigenvalue weighted by molar-refractivity contribution is 5.79. The fraction of sp³-hybridized carbons (Fsp3) is 0.741. The Hall–Kier alpha value is -1.15. The largest absolute Gasteiger partial charge is 0.393 e. The van der Waals surface area contributed by atoms with Crippen molar-refractivity contribution in [3.05, 3.63) is 35.5 Å². The molecule has 0 aromatic rings. The number of aliphatic hydroxyl groups excluding tert-OH is 1. The molecule has 4 aliphatic rings. The van der Waals surface area contributed by atoms with Gasteiger partial charge in [0, 0.05) is 5.92 Å². The van der Waals surface area contributed by atoms with Gasteiger partial charge in [-0.1, -0.05) is 63.1 Å². The standard InChI is InChI=1S/C27H40O2/c1-17(19(3)28)6-7-18(2)23-10-11-24-22-9-8-20-16-21(29)12-14-26(20,4)25(22)13-15-27(23,24)5/h6-9,17-18,21,23-25,29H,10-16H2,1-5H3/b7-6+/t17?,18-,21+,23-,24+,25+,26+,27-/m1/s1. The molecule has 160 valence electrons. The van der Waals surface area contributed by atoms with Crippen molar-refractivity contribution >= 4 is 5.78 Å². The number of hydrogen-bond donors (Lipinski definition) is 1. The number of hydrogen-bond acceptors (Lipinski definition) is 2. The Labute approximate surface area is 177 Å². The number of fused-ring (bicyclic) bond motifs is 5. The maximum absolute atomic E-state index is 11.6. The number of carbonyl (C=O) groups is 1. The van der Waals surface area contributed by atoms with Crippen molar-refractivity contribution in [1.82, 2.24) is 0 Å². The third-order valence-corrected chi connectivity index (χ3v) is 9.60. The molecule has 0 aliphatic heterocycles. The average molecular weight is 397 g/mol. The Morgan fingerprint density at radius 1 is 1.07 bits per heavy atom. The zero-order valence-corrected chi connectivity index (χ0v) is 19.1. The monoisotopic (exact) mass is 396 g/mol. The minimum absolute atomic E-state index is 0.0319. The van der Waals surface area contributed by atoms with Gasteiger partial charge < -0.3 is 5.11 Å². The number of rotatable bonds is 4. The van der Waals surface area contributed by atoms with Crippen LogP contribution in [0.3, 0.4) is 0 Å². The lowest BCUT2D eigenvalue weighted by Gasteiger charge is -2.55. The van der Waals surface area contributed by atoms with E-state index in [-0.39, 0.29) is 23.2 Å². The van der Waals surface area contributed by atoms with Crippen LogP contribution in [-0.2, 0) is 4.79 Å². The summed E-state index contributed by atoms with van der Waals surface area (Å²) in [5.41, 5.74) is 3.86. The van der Waals surface area contributed by atoms with Crippen molar-refractivity contribution in [2.24, 2.45) is 40.4 Å². The van der Waals surface area contributed by atoms with Crippen LogP contribution < -0.4 is 0 Å². The first-order valence-corrected chi connectivity index (χ1v) is 11.9. The number of allylic oxidation sites excluding steroid dienone is 5. The number of aliphatic hydroxyl groups is 1. The first-order valence-electron chi connectivity index (χ1n) is 11.9. The van der Waals surface area contributed by atoms with E-state index in [0.717, 1.165) is 19.3 Å². The second-order valence-corrected chi connectivity index (χ2v) is 11.1. The molecule has 0 bridgehead atoms. The molecule has 29 heavy (non-hydrogen) atoms. The molecular formula is C27H40O2. The fourth-order valence-electron chi connectivity index (χ4n) is 7.50. The van der Waals surface area contributed by atoms with Crippen LogP contribution in [0.25, 0.3) is 0 Å². The van der Waals surface area contributed by atoms with Crippen LogP contribution in [0.1, 0.15) is 79.6 Å². The summed E-state index contributed by atoms with van der Waals surface area (Å²) in [6, 6.07) is 0. The smallest absolute Gasteiger partial charge is 0.136 e. The fourth-order valence-corrected chi connectivity index (χ4v) is 7.50. The SMILES string of the molecule is CC(=O)C(C)/C=C/[C@@H](C)[C@H]1CC[C@H]2C3=CC=C4C[C@@H](O)CC[C@]4(C)[C@H]3CC[C@]12C. The van der Waals surface area contributed by atoms with Crippen LogP contribution in [0.4, 0.5) is 0 Å². The van der Waals surface area contributed by atoms with Gasteiger partial charge in [0.2, 0.25) is 0 Å². The number of Topliss-reactive ketones (excluding diaryl/α,β-unsaturated/α-hetero) is 1. The number of carbonyl (C=O) groups excluding carboxylic acids is 1. The van der Waals surface area contributed by atoms with Crippen LogP contribution in [0, 0.1) is 40.4 Å². The quantitative estimate of drug-likeness (QED) is 0.569. The van der Waals surface area contributed by atoms with Gasteiger partial charge in [-0.15, -0.1) is 0 Å². The molecule has 3 saturated carbocycles. The first kappa shape index (κ1) is 21.1. The molecule has 0 aromatic heterocycles. The first-order chi connectivity index (χ1) is 13.7. The molecule has 1 N–H and O–H groups in total. The topological polar surface area (TPSA) is 37.3 Å². The van der Waals surface area contributed by atoms with E-state index in [1.807, 2.05) is 6.92 Å². The van der Waals surface area contributed by atoms with E-state index >= 15 is 0 Å². The summed E-state index contributed by atoms with van der Waals surface area (Å²) in [5.74, 6) is 2.90. The van der Waals surface area contributed by atoms with Gasteiger partial charge in [-0.05, 0) is 86.4 Å². The van der Waals surface area contributed by atoms with E-state index in [2.05, 4.69) is 45.1 Å². The highest BCUT2D eigenvalue weighted by atomic mass is 16.3. The second-order valence-electron chi connectivity index (χ2n) is 11.1. The van der Waals surface area contributed by atoms with Gasteiger partial charge in [0.05, 0.1) is 6.10 Å². The Bertz CT molecular complexity index is 758. The molecule has 4 rings (SSSR count). The van der Waals surface area contributed by atoms with E-state index < -0.39 is 0 Å². The van der Waals surface area contributed by atoms with Crippen molar-refractivity contribution in [3.63, 3.8) is 0 Å². The summed E-state index contributed by atoms with van der Waals surface area (Å²) < 4.78 is 0. The predicted molar refractivity (Wildman–Crippen MR) is 119 cm³/mol. The minimum Gasteiger partial charge on any atom is -0.393 e. The van der Waals surface area contributed by atoms with E-state index in [9.17, 15) is 9.90 Å². The van der Waals surface area contributed by atoms with Gasteiger partial charge in [-0.3, -0.25) is 4.79 Å². The van der Waals surface area contributed by atoms with Crippen molar-refractivity contribution in [3.8, 4) is 0 Å². The van der Waals surface area contributed by atoms with Gasteiger partial charge in [-0.2, -0.15) is 0 Å². The van der Waals surface area contributed by atoms with Crippen LogP contribution in [0.2, 0.25) is 0 Å². The molecule has 0 saturated heterocycles. The van der Waals surface area contributed by atoms with Gasteiger partial charge in [0.1, 0.15) is 5.78 Å². The van der Waals surface area contributed by atoms with E-state index in [0.29, 0.717) is 29.1 Å². The predicted octanol–water partition coefficient (Wildman–Crippen LogP) is 6.26. The van der Waals surface area contributed by atoms with Crippen molar-refractivity contribution < 1.29 is 9.90 Å². The summed E-state index contributed by atoms with van der Waals surface area (Å²) in [6.45, 7) is 11.1. The molecule has 1 unspecified atom stereocenters. The zero-order valence-electron chi connectivity index (χ0n) is 19.1. The summed E-state index contributed by atoms with van der Waals surface area (Å²) in [4.78, 5) is 11.6. The molecule has 0 spiro atoms. The molecule has 2 nitrogen and oxygen atoms in total. The van der Waals surface area contributed by atoms with Crippen molar-refractivity contribution in [2.75, 3.05) is 0 Å². The third-order valence-electron chi connectivity index (χ3n) is 9.60. The molecule has 8 atom stereocenters. The maximum Gasteiger partial charge on any atom is 0.136 e. The Kier molecular flexibility index (Phi) is 5.47. The van der Waals surface area contributed by atoms with Gasteiger partial charge >= 0.3 is 0 Å². The van der Waals surface area contributed by atoms with Crippen LogP contribution in [0.15, 0.2) is 35.5 Å². The maximum atomic E-state index is 11.6. The molecule has 0 heterocycles. The van der Waals surface area contributed by atoms with E-state index in [4.69, 9.17) is 0 Å². The van der Waals surface area contributed by atoms with Crippen LogP contribution in [0.5, 0.6) is 0 Å². The van der Waals surface area contributed by atoms with Gasteiger partial charge in [-0.25, -0.2) is 0 Å². The lowest BCUT2D eigenvalue weighted by atomic mass is 9.50. The van der Waals surface area contributed by atoms with E-state index in [1.165, 1.54) is 31.3 Å². The summed E-state index contributed by atoms with van der Waals surface area (Å²) in [5, 5.41) is 10.2. The van der Waals surface area contributed by atoms with Crippen molar-refractivity contribution in [1.29, 1.82) is 0 Å². The van der Waals surface area contributed by atoms with Gasteiger partial charge in [0.15, 0.2) is 0 Å². The zero-order chi connectivity index (χ0) is 21.0. The molecule has 2 heteroatoms. The molecule has 0 aromatic carbocycles. The van der Waals surface area contributed by atoms with Crippen molar-refractivity contribution in [2.45, 2.75) is 85.7 Å². The van der Waals surface area contributed by atoms with Crippen LogP contribution >= 0.6 is 0 Å². The lowest BCUT2D eigenvalue weighted by Crippen LogP contribution is -2.46. The highest BCUT2D eigenvalue weighted by Crippen LogP contribution is 2.65. The average Bonchev–Trinajstić information content (AvgIpc) is 3.03. The Morgan fingerprint density at radius 2 is 1.83 bits per heavy atom. The number of ketones is 1. The van der Waals surface area contributed by atoms with E-state index in [1.54, 1.807) is 12.5 Å². The molecule has 4 aliphatic carbocycles. The summed E-state index contributed by atoms with van der Waals surface area (Å²) in [7, 11) is 0. The Morgan fingerprint density at radius 3 is 2.55 bits per heavy atom. The molecular weight excluding hydrogens is 356 g/mol. The summed E-state index contributed by atoms with van der Waals surface area (Å²) in [6.07, 6.45) is 17.4. The summed E-state index contributed by atoms with van der Waals surface area (Å²) >= 11 is 0. The normalized spacial score (nSPS) is 43.7. The highest BCUT2D eigenvalue weighted by Gasteiger charge is 2.56. The molecule has 0 radical (unpaired) electrons. The lowest BCUT2D eigenvalue weighted by molar-refractivity contribution is -0.118. The molecule has 3 fully saturated rings. The van der Waals surface area contributed by atoms with Crippen LogP contribution in [-0.4, -0.2) is 17.0 Å². The minimum atomic E-state index is -0.140. The van der Waals surface area contributed by atoms with Gasteiger partial charge in [0.25, 0.3) is 0 Å².